The smallest absolute Gasteiger partial charge is 0.297 e. The predicted octanol–water partition coefficient (Wildman–Crippen LogP) is 3.02. The Morgan fingerprint density at radius 1 is 0.720 bits per heavy atom. The first-order chi connectivity index (χ1) is 12.2. The summed E-state index contributed by atoms with van der Waals surface area (Å²) < 4.78 is 44.7. The molecule has 0 saturated carbocycles. The monoisotopic (exact) mass is 374 g/mol. The molecule has 0 radical (unpaired) electrons. The topological polar surface area (TPSA) is 71.1 Å². The van der Waals surface area contributed by atoms with Gasteiger partial charge < -0.3 is 14.2 Å². The van der Waals surface area contributed by atoms with Crippen LogP contribution in [-0.4, -0.2) is 54.7 Å². The maximum absolute atomic E-state index is 11.8. The van der Waals surface area contributed by atoms with Gasteiger partial charge in [-0.05, 0) is 18.6 Å². The second-order valence-electron chi connectivity index (χ2n) is 5.49. The van der Waals surface area contributed by atoms with Gasteiger partial charge in [0.05, 0.1) is 44.5 Å². The van der Waals surface area contributed by atoms with Gasteiger partial charge in [-0.15, -0.1) is 0 Å². The van der Waals surface area contributed by atoms with Crippen molar-refractivity contribution in [2.24, 2.45) is 0 Å². The molecule has 144 valence electrons. The summed E-state index contributed by atoms with van der Waals surface area (Å²) in [4.78, 5) is 0.146. The third kappa shape index (κ3) is 11.3. The molecule has 1 rings (SSSR count). The van der Waals surface area contributed by atoms with Crippen LogP contribution < -0.4 is 0 Å². The highest BCUT2D eigenvalue weighted by Crippen LogP contribution is 2.10. The lowest BCUT2D eigenvalue weighted by atomic mass is 10.2. The molecule has 0 saturated heterocycles. The molecule has 25 heavy (non-hydrogen) atoms. The summed E-state index contributed by atoms with van der Waals surface area (Å²) in [5.74, 6) is 0. The maximum Gasteiger partial charge on any atom is 0.297 e. The molecule has 0 amide bonds. The Kier molecular flexibility index (Phi) is 12.5. The Hall–Kier alpha value is -0.990. The van der Waals surface area contributed by atoms with Gasteiger partial charge in [-0.2, -0.15) is 8.42 Å². The van der Waals surface area contributed by atoms with Crippen LogP contribution in [0.2, 0.25) is 0 Å². The molecule has 0 atom stereocenters. The highest BCUT2D eigenvalue weighted by molar-refractivity contribution is 7.86. The van der Waals surface area contributed by atoms with E-state index in [1.807, 2.05) is 0 Å². The lowest BCUT2D eigenvalue weighted by Crippen LogP contribution is -2.14. The van der Waals surface area contributed by atoms with E-state index in [0.717, 1.165) is 13.0 Å². The first kappa shape index (κ1) is 22.1. The molecular formula is C18H30O6S. The molecule has 0 aromatic heterocycles. The van der Waals surface area contributed by atoms with Crippen LogP contribution in [-0.2, 0) is 28.5 Å². The minimum Gasteiger partial charge on any atom is -0.379 e. The van der Waals surface area contributed by atoms with Gasteiger partial charge in [-0.3, -0.25) is 4.18 Å². The van der Waals surface area contributed by atoms with Gasteiger partial charge in [0.1, 0.15) is 0 Å². The Morgan fingerprint density at radius 2 is 1.28 bits per heavy atom. The Morgan fingerprint density at radius 3 is 1.88 bits per heavy atom. The number of benzene rings is 1. The van der Waals surface area contributed by atoms with E-state index in [-0.39, 0.29) is 18.1 Å². The number of unbranched alkanes of at least 4 members (excludes halogenated alkanes) is 3. The minimum absolute atomic E-state index is 0.0158. The first-order valence-corrected chi connectivity index (χ1v) is 10.3. The maximum atomic E-state index is 11.8. The fraction of sp³-hybridized carbons (Fsp3) is 0.667. The van der Waals surface area contributed by atoms with Crippen molar-refractivity contribution in [2.75, 3.05) is 46.2 Å². The SMILES string of the molecule is CCCCCCOCCOCCOCCOS(=O)(=O)c1ccccc1. The first-order valence-electron chi connectivity index (χ1n) is 8.84. The van der Waals surface area contributed by atoms with Gasteiger partial charge in [0.25, 0.3) is 10.1 Å². The molecule has 6 nitrogen and oxygen atoms in total. The molecule has 0 fully saturated rings. The van der Waals surface area contributed by atoms with E-state index in [9.17, 15) is 8.42 Å². The van der Waals surface area contributed by atoms with Crippen molar-refractivity contribution in [1.82, 2.24) is 0 Å². The van der Waals surface area contributed by atoms with Gasteiger partial charge in [0.15, 0.2) is 0 Å². The normalized spacial score (nSPS) is 11.7. The molecule has 7 heteroatoms. The van der Waals surface area contributed by atoms with E-state index >= 15 is 0 Å². The van der Waals surface area contributed by atoms with Crippen LogP contribution in [0.4, 0.5) is 0 Å². The molecule has 0 spiro atoms. The van der Waals surface area contributed by atoms with Crippen LogP contribution in [0.15, 0.2) is 35.2 Å². The number of hydrogen-bond acceptors (Lipinski definition) is 6. The summed E-state index contributed by atoms with van der Waals surface area (Å²) in [6.45, 7) is 5.12. The average molecular weight is 374 g/mol. The Bertz CT molecular complexity index is 518. The van der Waals surface area contributed by atoms with Crippen molar-refractivity contribution in [1.29, 1.82) is 0 Å². The number of rotatable bonds is 16. The van der Waals surface area contributed by atoms with Gasteiger partial charge in [0.2, 0.25) is 0 Å². The van der Waals surface area contributed by atoms with E-state index in [1.54, 1.807) is 18.2 Å². The van der Waals surface area contributed by atoms with Gasteiger partial charge in [-0.1, -0.05) is 44.4 Å². The number of hydrogen-bond donors (Lipinski definition) is 0. The quantitative estimate of drug-likeness (QED) is 0.327. The Labute approximate surface area is 151 Å². The summed E-state index contributed by atoms with van der Waals surface area (Å²) >= 11 is 0. The van der Waals surface area contributed by atoms with Crippen LogP contribution in [0.25, 0.3) is 0 Å². The lowest BCUT2D eigenvalue weighted by Gasteiger charge is -2.08. The van der Waals surface area contributed by atoms with Crippen LogP contribution >= 0.6 is 0 Å². The third-order valence-electron chi connectivity index (χ3n) is 3.38. The van der Waals surface area contributed by atoms with Crippen molar-refractivity contribution in [3.63, 3.8) is 0 Å². The Balaban J connectivity index is 1.89. The van der Waals surface area contributed by atoms with Crippen molar-refractivity contribution >= 4 is 10.1 Å². The average Bonchev–Trinajstić information content (AvgIpc) is 2.63. The zero-order valence-corrected chi connectivity index (χ0v) is 15.8. The number of ether oxygens (including phenoxy) is 3. The molecule has 0 heterocycles. The highest BCUT2D eigenvalue weighted by atomic mass is 32.2. The second-order valence-corrected chi connectivity index (χ2v) is 7.10. The van der Waals surface area contributed by atoms with Gasteiger partial charge >= 0.3 is 0 Å². The van der Waals surface area contributed by atoms with Crippen LogP contribution in [0, 0.1) is 0 Å². The van der Waals surface area contributed by atoms with Crippen LogP contribution in [0.5, 0.6) is 0 Å². The second kappa shape index (κ2) is 14.2. The molecule has 1 aromatic rings. The van der Waals surface area contributed by atoms with Crippen LogP contribution in [0.3, 0.4) is 0 Å². The van der Waals surface area contributed by atoms with E-state index < -0.39 is 10.1 Å². The van der Waals surface area contributed by atoms with Crippen molar-refractivity contribution < 1.29 is 26.8 Å². The summed E-state index contributed by atoms with van der Waals surface area (Å²) in [5.41, 5.74) is 0. The van der Waals surface area contributed by atoms with E-state index in [4.69, 9.17) is 18.4 Å². The standard InChI is InChI=1S/C18H30O6S/c1-2-3-4-8-11-21-12-13-22-14-15-23-16-17-24-25(19,20)18-9-6-5-7-10-18/h5-7,9-10H,2-4,8,11-17H2,1H3. The van der Waals surface area contributed by atoms with Crippen molar-refractivity contribution in [3.05, 3.63) is 30.3 Å². The largest absolute Gasteiger partial charge is 0.379 e. The summed E-state index contributed by atoms with van der Waals surface area (Å²) in [6.07, 6.45) is 4.80. The summed E-state index contributed by atoms with van der Waals surface area (Å²) in [7, 11) is -3.70. The van der Waals surface area contributed by atoms with Crippen LogP contribution in [0.1, 0.15) is 32.6 Å². The molecule has 0 aliphatic rings. The minimum atomic E-state index is -3.70. The fourth-order valence-electron chi connectivity index (χ4n) is 2.03. The fourth-order valence-corrected chi connectivity index (χ4v) is 2.94. The zero-order valence-electron chi connectivity index (χ0n) is 15.0. The van der Waals surface area contributed by atoms with Gasteiger partial charge in [0, 0.05) is 6.61 Å². The molecule has 0 aliphatic carbocycles. The zero-order chi connectivity index (χ0) is 18.2. The molecule has 1 aromatic carbocycles. The lowest BCUT2D eigenvalue weighted by molar-refractivity contribution is 0.00913. The molecule has 0 unspecified atom stereocenters. The van der Waals surface area contributed by atoms with Crippen molar-refractivity contribution in [2.45, 2.75) is 37.5 Å². The van der Waals surface area contributed by atoms with E-state index in [1.165, 1.54) is 31.4 Å². The van der Waals surface area contributed by atoms with Crippen molar-refractivity contribution in [3.8, 4) is 0 Å². The molecule has 0 N–H and O–H groups in total. The molecule has 0 aliphatic heterocycles. The summed E-state index contributed by atoms with van der Waals surface area (Å²) in [6, 6.07) is 8.05. The molecular weight excluding hydrogens is 344 g/mol. The predicted molar refractivity (Wildman–Crippen MR) is 96.2 cm³/mol. The van der Waals surface area contributed by atoms with Gasteiger partial charge in [-0.25, -0.2) is 0 Å². The summed E-state index contributed by atoms with van der Waals surface area (Å²) in [5, 5.41) is 0. The molecule has 0 bridgehead atoms. The third-order valence-corrected chi connectivity index (χ3v) is 4.71. The van der Waals surface area contributed by atoms with E-state index in [0.29, 0.717) is 26.4 Å². The van der Waals surface area contributed by atoms with E-state index in [2.05, 4.69) is 6.92 Å². The highest BCUT2D eigenvalue weighted by Gasteiger charge is 2.13.